The van der Waals surface area contributed by atoms with Gasteiger partial charge in [-0.05, 0) is 19.4 Å². The molecular weight excluding hydrogens is 306 g/mol. The van der Waals surface area contributed by atoms with Gasteiger partial charge in [-0.2, -0.15) is 0 Å². The Kier molecular flexibility index (Phi) is 4.52. The van der Waals surface area contributed by atoms with E-state index in [1.54, 1.807) is 11.3 Å². The van der Waals surface area contributed by atoms with Crippen molar-refractivity contribution in [3.63, 3.8) is 0 Å². The Morgan fingerprint density at radius 3 is 2.83 bits per heavy atom. The number of fused-ring (bicyclic) bond motifs is 1. The van der Waals surface area contributed by atoms with Crippen molar-refractivity contribution in [2.75, 3.05) is 24.2 Å². The first-order chi connectivity index (χ1) is 11.2. The summed E-state index contributed by atoms with van der Waals surface area (Å²) in [7, 11) is 2.12. The summed E-state index contributed by atoms with van der Waals surface area (Å²) in [5, 5.41) is 0.623. The summed E-state index contributed by atoms with van der Waals surface area (Å²) < 4.78 is 3.33. The molecule has 0 saturated heterocycles. The normalized spacial score (nSPS) is 12.7. The highest BCUT2D eigenvalue weighted by atomic mass is 32.1. The molecule has 3 rings (SSSR count). The van der Waals surface area contributed by atoms with Crippen LogP contribution in [0, 0.1) is 0 Å². The van der Waals surface area contributed by atoms with E-state index in [1.807, 2.05) is 18.7 Å². The molecule has 0 aliphatic rings. The van der Waals surface area contributed by atoms with Gasteiger partial charge >= 0.3 is 0 Å². The zero-order valence-electron chi connectivity index (χ0n) is 13.9. The van der Waals surface area contributed by atoms with Crippen molar-refractivity contribution in [3.8, 4) is 0 Å². The first-order valence-electron chi connectivity index (χ1n) is 8.03. The third-order valence-electron chi connectivity index (χ3n) is 4.24. The molecule has 23 heavy (non-hydrogen) atoms. The quantitative estimate of drug-likeness (QED) is 0.744. The van der Waals surface area contributed by atoms with E-state index in [9.17, 15) is 0 Å². The molecule has 1 aromatic carbocycles. The maximum Gasteiger partial charge on any atom is 0.181 e. The van der Waals surface area contributed by atoms with Gasteiger partial charge in [0.1, 0.15) is 5.52 Å². The minimum atomic E-state index is 0.263. The van der Waals surface area contributed by atoms with Gasteiger partial charge in [0.2, 0.25) is 0 Å². The lowest BCUT2D eigenvalue weighted by Crippen LogP contribution is -2.21. The van der Waals surface area contributed by atoms with Crippen LogP contribution in [0.15, 0.2) is 30.9 Å². The van der Waals surface area contributed by atoms with Crippen LogP contribution in [-0.2, 0) is 0 Å². The van der Waals surface area contributed by atoms with E-state index in [0.29, 0.717) is 5.13 Å². The number of rotatable bonds is 6. The Bertz CT molecular complexity index is 778. The molecule has 0 saturated carbocycles. The van der Waals surface area contributed by atoms with Crippen LogP contribution < -0.4 is 10.6 Å². The van der Waals surface area contributed by atoms with Gasteiger partial charge in [-0.15, -0.1) is 0 Å². The molecule has 6 heteroatoms. The van der Waals surface area contributed by atoms with Gasteiger partial charge in [-0.1, -0.05) is 30.7 Å². The highest BCUT2D eigenvalue weighted by Crippen LogP contribution is 2.39. The number of benzene rings is 1. The van der Waals surface area contributed by atoms with Gasteiger partial charge in [-0.25, -0.2) is 9.97 Å². The zero-order chi connectivity index (χ0) is 16.4. The van der Waals surface area contributed by atoms with Gasteiger partial charge in [0.25, 0.3) is 0 Å². The predicted molar refractivity (Wildman–Crippen MR) is 98.3 cm³/mol. The monoisotopic (exact) mass is 329 g/mol. The molecule has 0 radical (unpaired) electrons. The van der Waals surface area contributed by atoms with Crippen molar-refractivity contribution in [2.24, 2.45) is 0 Å². The minimum absolute atomic E-state index is 0.263. The second-order valence-electron chi connectivity index (χ2n) is 5.73. The number of thiazole rings is 1. The van der Waals surface area contributed by atoms with Crippen molar-refractivity contribution < 1.29 is 0 Å². The molecular formula is C17H23N5S. The van der Waals surface area contributed by atoms with Crippen molar-refractivity contribution >= 4 is 32.4 Å². The van der Waals surface area contributed by atoms with Crippen LogP contribution >= 0.6 is 11.3 Å². The fourth-order valence-electron chi connectivity index (χ4n) is 3.03. The second kappa shape index (κ2) is 6.58. The van der Waals surface area contributed by atoms with Gasteiger partial charge in [0.05, 0.1) is 22.8 Å². The Hall–Kier alpha value is -2.08. The fraction of sp³-hybridized carbons (Fsp3) is 0.412. The summed E-state index contributed by atoms with van der Waals surface area (Å²) in [5.74, 6) is 0. The molecule has 2 heterocycles. The summed E-state index contributed by atoms with van der Waals surface area (Å²) in [6.45, 7) is 5.29. The molecule has 3 aromatic rings. The zero-order valence-corrected chi connectivity index (χ0v) is 14.7. The van der Waals surface area contributed by atoms with Crippen molar-refractivity contribution in [3.05, 3.63) is 36.4 Å². The lowest BCUT2D eigenvalue weighted by Gasteiger charge is -2.27. The smallest absolute Gasteiger partial charge is 0.181 e. The molecule has 1 unspecified atom stereocenters. The number of imidazole rings is 1. The number of aromatic nitrogens is 3. The summed E-state index contributed by atoms with van der Waals surface area (Å²) in [4.78, 5) is 11.1. The van der Waals surface area contributed by atoms with E-state index < -0.39 is 0 Å². The number of nitrogens with zero attached hydrogens (tertiary/aromatic N) is 4. The second-order valence-corrected chi connectivity index (χ2v) is 6.79. The minimum Gasteiger partial charge on any atom is -0.375 e. The molecule has 0 spiro atoms. The highest BCUT2D eigenvalue weighted by Gasteiger charge is 2.22. The van der Waals surface area contributed by atoms with Crippen LogP contribution in [0.25, 0.3) is 10.2 Å². The van der Waals surface area contributed by atoms with E-state index in [0.717, 1.165) is 29.6 Å². The van der Waals surface area contributed by atoms with E-state index in [1.165, 1.54) is 11.3 Å². The third-order valence-corrected chi connectivity index (χ3v) is 5.09. The maximum atomic E-state index is 5.95. The Morgan fingerprint density at radius 1 is 1.35 bits per heavy atom. The Balaban J connectivity index is 2.22. The molecule has 2 aromatic heterocycles. The van der Waals surface area contributed by atoms with Crippen LogP contribution in [0.3, 0.4) is 0 Å². The average Bonchev–Trinajstić information content (AvgIpc) is 3.19. The third kappa shape index (κ3) is 2.91. The summed E-state index contributed by atoms with van der Waals surface area (Å²) in [6.07, 6.45) is 7.94. The molecule has 122 valence electrons. The molecule has 0 aliphatic heterocycles. The standard InChI is InChI=1S/C17H23N5S/c1-4-6-13(22-10-9-19-11-22)12-7-8-14-15(20-17(18)23-14)16(12)21(3)5-2/h7-11,13H,4-6H2,1-3H3,(H2,18,20). The topological polar surface area (TPSA) is 60.0 Å². The van der Waals surface area contributed by atoms with E-state index >= 15 is 0 Å². The van der Waals surface area contributed by atoms with E-state index in [2.05, 4.69) is 52.5 Å². The lowest BCUT2D eigenvalue weighted by atomic mass is 9.98. The molecule has 0 aliphatic carbocycles. The van der Waals surface area contributed by atoms with E-state index in [4.69, 9.17) is 5.73 Å². The average molecular weight is 329 g/mol. The fourth-order valence-corrected chi connectivity index (χ4v) is 3.77. The van der Waals surface area contributed by atoms with Crippen LogP contribution in [0.1, 0.15) is 38.3 Å². The van der Waals surface area contributed by atoms with Gasteiger partial charge in [0, 0.05) is 31.5 Å². The highest BCUT2D eigenvalue weighted by molar-refractivity contribution is 7.22. The SMILES string of the molecule is CCCC(c1ccc2sc(N)nc2c1N(C)CC)n1ccnc1. The molecule has 0 bridgehead atoms. The molecule has 0 amide bonds. The van der Waals surface area contributed by atoms with Crippen molar-refractivity contribution in [1.82, 2.24) is 14.5 Å². The van der Waals surface area contributed by atoms with Crippen LogP contribution in [-0.4, -0.2) is 28.1 Å². The van der Waals surface area contributed by atoms with Gasteiger partial charge < -0.3 is 15.2 Å². The summed E-state index contributed by atoms with van der Waals surface area (Å²) >= 11 is 1.55. The Morgan fingerprint density at radius 2 is 2.17 bits per heavy atom. The molecule has 5 nitrogen and oxygen atoms in total. The van der Waals surface area contributed by atoms with Crippen molar-refractivity contribution in [2.45, 2.75) is 32.7 Å². The maximum absolute atomic E-state index is 5.95. The first-order valence-corrected chi connectivity index (χ1v) is 8.84. The van der Waals surface area contributed by atoms with Gasteiger partial charge in [-0.3, -0.25) is 0 Å². The van der Waals surface area contributed by atoms with Crippen LogP contribution in [0.2, 0.25) is 0 Å². The molecule has 2 N–H and O–H groups in total. The number of nitrogen functional groups attached to an aromatic ring is 1. The van der Waals surface area contributed by atoms with Crippen molar-refractivity contribution in [1.29, 1.82) is 0 Å². The van der Waals surface area contributed by atoms with Gasteiger partial charge in [0.15, 0.2) is 5.13 Å². The summed E-state index contributed by atoms with van der Waals surface area (Å²) in [6, 6.07) is 4.63. The van der Waals surface area contributed by atoms with E-state index in [-0.39, 0.29) is 6.04 Å². The number of nitrogens with two attached hydrogens (primary N) is 1. The summed E-state index contributed by atoms with van der Waals surface area (Å²) in [5.41, 5.74) is 9.43. The van der Waals surface area contributed by atoms with Crippen LogP contribution in [0.4, 0.5) is 10.8 Å². The Labute approximate surface area is 140 Å². The predicted octanol–water partition coefficient (Wildman–Crippen LogP) is 3.92. The molecule has 1 atom stereocenters. The first kappa shape index (κ1) is 15.8. The number of hydrogen-bond donors (Lipinski definition) is 1. The van der Waals surface area contributed by atoms with Crippen LogP contribution in [0.5, 0.6) is 0 Å². The number of anilines is 2. The molecule has 0 fully saturated rings. The lowest BCUT2D eigenvalue weighted by molar-refractivity contribution is 0.532. The number of hydrogen-bond acceptors (Lipinski definition) is 5. The largest absolute Gasteiger partial charge is 0.375 e.